The van der Waals surface area contributed by atoms with Gasteiger partial charge in [0, 0.05) is 19.8 Å². The lowest BCUT2D eigenvalue weighted by Crippen LogP contribution is -2.48. The average Bonchev–Trinajstić information content (AvgIpc) is 3.32. The second kappa shape index (κ2) is 20.0. The second-order valence-electron chi connectivity index (χ2n) is 14.4. The van der Waals surface area contributed by atoms with Crippen molar-refractivity contribution in [2.75, 3.05) is 46.0 Å². The molecule has 2 aliphatic rings. The van der Waals surface area contributed by atoms with Crippen LogP contribution in [0.1, 0.15) is 125 Å². The van der Waals surface area contributed by atoms with Gasteiger partial charge in [0.1, 0.15) is 0 Å². The summed E-state index contributed by atoms with van der Waals surface area (Å²) in [5.41, 5.74) is 23.8. The second-order valence-corrected chi connectivity index (χ2v) is 14.4. The van der Waals surface area contributed by atoms with Crippen LogP contribution < -0.4 is 22.9 Å². The molecule has 0 amide bonds. The highest BCUT2D eigenvalue weighted by atomic mass is 16.5. The van der Waals surface area contributed by atoms with Gasteiger partial charge in [-0.2, -0.15) is 0 Å². The average molecular weight is 597 g/mol. The topological polar surface area (TPSA) is 132 Å². The summed E-state index contributed by atoms with van der Waals surface area (Å²) in [6.07, 6.45) is 16.5. The molecule has 8 N–H and O–H groups in total. The highest BCUT2D eigenvalue weighted by Crippen LogP contribution is 2.58. The Balaban J connectivity index is 2.28. The van der Waals surface area contributed by atoms with Crippen LogP contribution in [-0.4, -0.2) is 64.3 Å². The van der Waals surface area contributed by atoms with Gasteiger partial charge in [0.2, 0.25) is 0 Å². The predicted molar refractivity (Wildman–Crippen MR) is 177 cm³/mol. The summed E-state index contributed by atoms with van der Waals surface area (Å²) in [5.74, 6) is 2.42. The summed E-state index contributed by atoms with van der Waals surface area (Å²) in [6.45, 7) is 17.5. The SMILES string of the molecule is CC[C@H](C[C@@H]1CC[C@H]([C@H](C)CCCN)[C@@]1(C)[C@H](C[C@@H](C)[C@]1(C)CC[C@H](OCCCN)CC1)OCCCN)OCCCN. The third-order valence-corrected chi connectivity index (χ3v) is 11.7. The minimum absolute atomic E-state index is 0.0976. The monoisotopic (exact) mass is 597 g/mol. The van der Waals surface area contributed by atoms with E-state index in [0.29, 0.717) is 54.8 Å². The Kier molecular flexibility index (Phi) is 18.0. The van der Waals surface area contributed by atoms with Crippen molar-refractivity contribution < 1.29 is 14.2 Å². The number of ether oxygens (including phenoxy) is 3. The maximum Gasteiger partial charge on any atom is 0.0636 e. The fraction of sp³-hybridized carbons (Fsp3) is 1.00. The lowest BCUT2D eigenvalue weighted by atomic mass is 9.59. The van der Waals surface area contributed by atoms with Crippen LogP contribution in [0.25, 0.3) is 0 Å². The highest BCUT2D eigenvalue weighted by molar-refractivity contribution is 5.03. The molecule has 0 radical (unpaired) electrons. The van der Waals surface area contributed by atoms with E-state index in [9.17, 15) is 0 Å². The quantitative estimate of drug-likeness (QED) is 0.106. The summed E-state index contributed by atoms with van der Waals surface area (Å²) in [5, 5.41) is 0. The van der Waals surface area contributed by atoms with Crippen molar-refractivity contribution in [1.82, 2.24) is 0 Å². The molecule has 250 valence electrons. The fourth-order valence-electron chi connectivity index (χ4n) is 8.38. The Bertz CT molecular complexity index is 689. The van der Waals surface area contributed by atoms with E-state index in [4.69, 9.17) is 37.1 Å². The van der Waals surface area contributed by atoms with E-state index < -0.39 is 0 Å². The highest BCUT2D eigenvalue weighted by Gasteiger charge is 2.54. The molecule has 2 fully saturated rings. The zero-order valence-electron chi connectivity index (χ0n) is 28.4. The van der Waals surface area contributed by atoms with Gasteiger partial charge in [-0.1, -0.05) is 34.6 Å². The summed E-state index contributed by atoms with van der Waals surface area (Å²) in [7, 11) is 0. The predicted octanol–water partition coefficient (Wildman–Crippen LogP) is 6.00. The van der Waals surface area contributed by atoms with Crippen molar-refractivity contribution in [3.8, 4) is 0 Å². The Morgan fingerprint density at radius 1 is 0.762 bits per heavy atom. The number of nitrogens with two attached hydrogens (primary N) is 4. The van der Waals surface area contributed by atoms with Gasteiger partial charge >= 0.3 is 0 Å². The van der Waals surface area contributed by atoms with Gasteiger partial charge in [-0.3, -0.25) is 0 Å². The lowest BCUT2D eigenvalue weighted by Gasteiger charge is -2.49. The van der Waals surface area contributed by atoms with Gasteiger partial charge in [0.25, 0.3) is 0 Å². The van der Waals surface area contributed by atoms with Crippen LogP contribution >= 0.6 is 0 Å². The lowest BCUT2D eigenvalue weighted by molar-refractivity contribution is -0.113. The van der Waals surface area contributed by atoms with Crippen LogP contribution in [0.15, 0.2) is 0 Å². The maximum atomic E-state index is 6.99. The molecule has 2 saturated carbocycles. The summed E-state index contributed by atoms with van der Waals surface area (Å²) in [4.78, 5) is 0. The Hall–Kier alpha value is -0.280. The largest absolute Gasteiger partial charge is 0.378 e. The van der Waals surface area contributed by atoms with Gasteiger partial charge in [0.05, 0.1) is 18.3 Å². The molecular weight excluding hydrogens is 524 g/mol. The fourth-order valence-corrected chi connectivity index (χ4v) is 8.38. The first-order chi connectivity index (χ1) is 20.2. The van der Waals surface area contributed by atoms with E-state index >= 15 is 0 Å². The van der Waals surface area contributed by atoms with Crippen molar-refractivity contribution in [2.45, 2.75) is 143 Å². The van der Waals surface area contributed by atoms with Crippen LogP contribution in [0.5, 0.6) is 0 Å². The molecular formula is C35H72N4O3. The first-order valence-electron chi connectivity index (χ1n) is 17.8. The summed E-state index contributed by atoms with van der Waals surface area (Å²) < 4.78 is 19.5. The van der Waals surface area contributed by atoms with E-state index in [0.717, 1.165) is 84.2 Å². The first-order valence-corrected chi connectivity index (χ1v) is 17.8. The van der Waals surface area contributed by atoms with Crippen LogP contribution in [0.3, 0.4) is 0 Å². The van der Waals surface area contributed by atoms with E-state index in [1.165, 1.54) is 32.1 Å². The Morgan fingerprint density at radius 2 is 1.36 bits per heavy atom. The van der Waals surface area contributed by atoms with Gasteiger partial charge in [-0.15, -0.1) is 0 Å². The van der Waals surface area contributed by atoms with Crippen LogP contribution in [-0.2, 0) is 14.2 Å². The minimum atomic E-state index is 0.0976. The Morgan fingerprint density at radius 3 is 1.95 bits per heavy atom. The molecule has 7 nitrogen and oxygen atoms in total. The number of rotatable bonds is 23. The number of hydrogen-bond donors (Lipinski definition) is 4. The number of hydrogen-bond acceptors (Lipinski definition) is 7. The first kappa shape index (κ1) is 37.9. The van der Waals surface area contributed by atoms with E-state index in [1.807, 2.05) is 0 Å². The van der Waals surface area contributed by atoms with E-state index in [-0.39, 0.29) is 17.6 Å². The van der Waals surface area contributed by atoms with Gasteiger partial charge < -0.3 is 37.1 Å². The standard InChI is InChI=1S/C35H72N4O3/c1-6-30(40-22-8-19-37)26-29-12-13-32(27(2)11-7-18-36)35(29,5)33(42-24-10-21-39)25-28(3)34(4)16-14-31(15-17-34)41-23-9-20-38/h27-33H,6-26,36-39H2,1-5H3/t27-,28-,29+,30-,31-,32-,33+,34+,35+/m1/s1. The molecule has 0 unspecified atom stereocenters. The van der Waals surface area contributed by atoms with E-state index in [1.54, 1.807) is 0 Å². The van der Waals surface area contributed by atoms with Gasteiger partial charge in [-0.05, 0) is 151 Å². The van der Waals surface area contributed by atoms with Crippen LogP contribution in [0, 0.1) is 34.5 Å². The van der Waals surface area contributed by atoms with Gasteiger partial charge in [0.15, 0.2) is 0 Å². The summed E-state index contributed by atoms with van der Waals surface area (Å²) >= 11 is 0. The van der Waals surface area contributed by atoms with Crippen molar-refractivity contribution in [3.05, 3.63) is 0 Å². The molecule has 0 spiro atoms. The molecule has 0 aromatic heterocycles. The van der Waals surface area contributed by atoms with Gasteiger partial charge in [-0.25, -0.2) is 0 Å². The molecule has 0 saturated heterocycles. The molecule has 7 atom stereocenters. The van der Waals surface area contributed by atoms with Crippen LogP contribution in [0.2, 0.25) is 0 Å². The van der Waals surface area contributed by atoms with Crippen molar-refractivity contribution in [2.24, 2.45) is 57.4 Å². The molecule has 0 aromatic carbocycles. The normalized spacial score (nSPS) is 31.2. The Labute approximate surface area is 260 Å². The van der Waals surface area contributed by atoms with Crippen molar-refractivity contribution in [1.29, 1.82) is 0 Å². The van der Waals surface area contributed by atoms with Crippen molar-refractivity contribution >= 4 is 0 Å². The van der Waals surface area contributed by atoms with Crippen LogP contribution in [0.4, 0.5) is 0 Å². The van der Waals surface area contributed by atoms with E-state index in [2.05, 4.69) is 34.6 Å². The molecule has 0 aromatic rings. The molecule has 0 aliphatic heterocycles. The third kappa shape index (κ3) is 11.0. The summed E-state index contributed by atoms with van der Waals surface area (Å²) in [6, 6.07) is 0. The zero-order chi connectivity index (χ0) is 31.0. The zero-order valence-corrected chi connectivity index (χ0v) is 28.4. The minimum Gasteiger partial charge on any atom is -0.378 e. The molecule has 2 aliphatic carbocycles. The van der Waals surface area contributed by atoms with Crippen molar-refractivity contribution in [3.63, 3.8) is 0 Å². The molecule has 2 rings (SSSR count). The smallest absolute Gasteiger partial charge is 0.0636 e. The molecule has 0 heterocycles. The third-order valence-electron chi connectivity index (χ3n) is 11.7. The maximum absolute atomic E-state index is 6.99. The molecule has 42 heavy (non-hydrogen) atoms. The molecule has 0 bridgehead atoms. The molecule has 7 heteroatoms.